The summed E-state index contributed by atoms with van der Waals surface area (Å²) in [5.74, 6) is -9.01. The van der Waals surface area contributed by atoms with Crippen LogP contribution >= 0.6 is 0 Å². The summed E-state index contributed by atoms with van der Waals surface area (Å²) >= 11 is 0. The topological polar surface area (TPSA) is 502 Å². The second kappa shape index (κ2) is 56.3. The second-order valence-corrected chi connectivity index (χ2v) is 30.6. The van der Waals surface area contributed by atoms with Crippen LogP contribution in [0.3, 0.4) is 0 Å². The number of carboxylic acid groups (broad SMARTS) is 1. The number of unbranched alkanes of at least 4 members (excludes halogenated alkanes) is 9. The van der Waals surface area contributed by atoms with Gasteiger partial charge in [0.1, 0.15) is 68.0 Å². The van der Waals surface area contributed by atoms with Crippen molar-refractivity contribution in [1.29, 1.82) is 0 Å². The van der Waals surface area contributed by atoms with Crippen LogP contribution in [0.25, 0.3) is 0 Å². The molecule has 119 heavy (non-hydrogen) atoms. The summed E-state index contributed by atoms with van der Waals surface area (Å²) < 4.78 is 87.5. The minimum Gasteiger partial charge on any atom is -0.481 e. The smallest absolute Gasteiger partial charge is 0.303 e. The predicted molar refractivity (Wildman–Crippen MR) is 419 cm³/mol. The number of aliphatic carboxylic acids is 1. The predicted octanol–water partition coefficient (Wildman–Crippen LogP) is 2.47. The van der Waals surface area contributed by atoms with Gasteiger partial charge < -0.3 is 118 Å². The number of rotatable bonds is 57. The van der Waals surface area contributed by atoms with Crippen molar-refractivity contribution in [2.75, 3.05) is 105 Å². The molecule has 0 aromatic carbocycles. The zero-order chi connectivity index (χ0) is 88.0. The van der Waals surface area contributed by atoms with E-state index in [-0.39, 0.29) is 166 Å². The molecule has 8 N–H and O–H groups in total. The van der Waals surface area contributed by atoms with Crippen LogP contribution in [0.1, 0.15) is 212 Å². The van der Waals surface area contributed by atoms with Gasteiger partial charge in [-0.15, -0.1) is 0 Å². The van der Waals surface area contributed by atoms with Crippen LogP contribution in [0.4, 0.5) is 0 Å². The highest BCUT2D eigenvalue weighted by atomic mass is 16.7. The molecule has 0 aromatic rings. The van der Waals surface area contributed by atoms with Crippen LogP contribution in [0.2, 0.25) is 0 Å². The van der Waals surface area contributed by atoms with E-state index in [1.807, 2.05) is 0 Å². The maximum absolute atomic E-state index is 14.6. The molecule has 0 spiro atoms. The Hall–Kier alpha value is -8.31. The first-order valence-corrected chi connectivity index (χ1v) is 41.5. The minimum absolute atomic E-state index is 0.0533. The van der Waals surface area contributed by atoms with E-state index in [0.717, 1.165) is 0 Å². The molecule has 39 heteroatoms. The van der Waals surface area contributed by atoms with Crippen LogP contribution in [0, 0.1) is 17.8 Å². The minimum atomic E-state index is -1.56. The van der Waals surface area contributed by atoms with Gasteiger partial charge in [-0.3, -0.25) is 71.9 Å². The van der Waals surface area contributed by atoms with Crippen molar-refractivity contribution < 1.29 is 148 Å². The number of carboxylic acids is 1. The number of hydrogen-bond acceptors (Lipinski definition) is 30. The van der Waals surface area contributed by atoms with E-state index in [1.165, 1.54) is 67.2 Å². The first-order valence-electron chi connectivity index (χ1n) is 41.5. The molecule has 4 heterocycles. The number of carbonyl (C=O) groups excluding carboxylic acids is 14. The van der Waals surface area contributed by atoms with Crippen molar-refractivity contribution in [3.05, 3.63) is 0 Å². The average molecular weight is 1700 g/mol. The summed E-state index contributed by atoms with van der Waals surface area (Å²) in [5.41, 5.74) is -1.56. The van der Waals surface area contributed by atoms with Crippen molar-refractivity contribution in [2.24, 2.45) is 17.8 Å². The van der Waals surface area contributed by atoms with Crippen molar-refractivity contribution in [3.63, 3.8) is 0 Å². The maximum atomic E-state index is 14.6. The molecule has 8 amide bonds. The zero-order valence-electron chi connectivity index (χ0n) is 71.3. The average Bonchev–Trinajstić information content (AvgIpc) is 1.65. The normalized spacial score (nSPS) is 24.5. The van der Waals surface area contributed by atoms with E-state index in [0.29, 0.717) is 103 Å². The van der Waals surface area contributed by atoms with E-state index >= 15 is 0 Å². The SMILES string of the molecule is CC(=O)NC1C(OCCCCCCNC(=O)CCOCC(COCCC(=O)NCCCCCCOC2OC(COC(C)=O)C(OC(C)=O)C(C)C2NC(C)=O)(COCCC(=O)NCCCCCCOC2OC(COC(C)=O)C(OC(C)=O)C(C)C2NC(C)=O)NC(=O)C2CCCN2C(=O)CCCC(=O)O)OC(COC(C)=O)C(OC(C)=O)C1C. The Kier molecular flexibility index (Phi) is 48.8. The Labute approximate surface area is 696 Å². The van der Waals surface area contributed by atoms with Crippen LogP contribution in [-0.2, 0) is 143 Å². The molecule has 0 saturated carbocycles. The summed E-state index contributed by atoms with van der Waals surface area (Å²) in [6.07, 6.45) is -0.206. The van der Waals surface area contributed by atoms with E-state index in [2.05, 4.69) is 37.2 Å². The van der Waals surface area contributed by atoms with Crippen LogP contribution < -0.4 is 37.2 Å². The van der Waals surface area contributed by atoms with Gasteiger partial charge in [0.15, 0.2) is 18.9 Å². The summed E-state index contributed by atoms with van der Waals surface area (Å²) in [5, 5.41) is 29.5. The maximum Gasteiger partial charge on any atom is 0.303 e. The lowest BCUT2D eigenvalue weighted by molar-refractivity contribution is -0.262. The standard InChI is InChI=1S/C80H132N8O31/c1-49-70(84-52(4)89)77(117-62(43-111-55(7)92)73(49)114-58(10)95)108-37-22-16-13-19-33-81-65(98)30-40-105-46-80(87-76(104)61-27-26-36-88(61)68(101)28-25-29-69(102)103,47-106-41-31-66(99)82-34-20-14-17-23-38-109-78-71(85-53(5)90)50(2)74(115-59(11)96)63(118-78)44-112-56(8)93)48-107-42-32-67(100)83-35-21-15-18-24-39-110-79-72(86-54(6)91)51(3)75(116-60(12)97)64(119-79)45-113-57(9)94/h49-51,61-64,70-75,77-79H,13-48H2,1-12H3,(H,81,98)(H,82,99)(H,83,100)(H,84,89)(H,85,90)(H,86,91)(H,87,104)(H,102,103). The Bertz CT molecular complexity index is 2940. The fraction of sp³-hybridized carbons (Fsp3) is 0.812. The Balaban J connectivity index is 1.39. The number of esters is 6. The Morgan fingerprint density at radius 3 is 1.01 bits per heavy atom. The highest BCUT2D eigenvalue weighted by Gasteiger charge is 2.50. The molecule has 39 nitrogen and oxygen atoms in total. The molecule has 4 aliphatic rings. The lowest BCUT2D eigenvalue weighted by Crippen LogP contribution is -2.62. The van der Waals surface area contributed by atoms with Crippen molar-refractivity contribution in [1.82, 2.24) is 42.1 Å². The van der Waals surface area contributed by atoms with Gasteiger partial charge in [0.2, 0.25) is 47.3 Å². The molecule has 4 aliphatic heterocycles. The van der Waals surface area contributed by atoms with Crippen LogP contribution in [0.15, 0.2) is 0 Å². The first-order chi connectivity index (χ1) is 56.6. The van der Waals surface area contributed by atoms with Crippen molar-refractivity contribution >= 4 is 89.0 Å². The van der Waals surface area contributed by atoms with E-state index < -0.39 is 157 Å². The van der Waals surface area contributed by atoms with Crippen LogP contribution in [-0.4, -0.2) is 290 Å². The van der Waals surface area contributed by atoms with Gasteiger partial charge in [-0.1, -0.05) is 59.3 Å². The number of nitrogens with one attached hydrogen (secondary N) is 7. The molecule has 0 radical (unpaired) electrons. The fourth-order valence-corrected chi connectivity index (χ4v) is 14.3. The number of carbonyl (C=O) groups is 15. The molecule has 4 rings (SSSR count). The summed E-state index contributed by atoms with van der Waals surface area (Å²) in [6.45, 7) is 16.6. The quantitative estimate of drug-likeness (QED) is 0.0246. The molecular weight excluding hydrogens is 1570 g/mol. The molecule has 4 fully saturated rings. The monoisotopic (exact) mass is 1700 g/mol. The number of ether oxygens (including phenoxy) is 15. The second-order valence-electron chi connectivity index (χ2n) is 30.6. The highest BCUT2D eigenvalue weighted by molar-refractivity contribution is 5.89. The largest absolute Gasteiger partial charge is 0.481 e. The van der Waals surface area contributed by atoms with Crippen molar-refractivity contribution in [3.8, 4) is 0 Å². The van der Waals surface area contributed by atoms with E-state index in [1.54, 1.807) is 20.8 Å². The van der Waals surface area contributed by atoms with Gasteiger partial charge in [0, 0.05) is 158 Å². The lowest BCUT2D eigenvalue weighted by Gasteiger charge is -2.44. The number of hydrogen-bond donors (Lipinski definition) is 8. The molecule has 0 bridgehead atoms. The molecule has 0 aromatic heterocycles. The van der Waals surface area contributed by atoms with Gasteiger partial charge in [0.25, 0.3) is 0 Å². The molecule has 0 aliphatic carbocycles. The third-order valence-corrected chi connectivity index (χ3v) is 20.2. The van der Waals surface area contributed by atoms with Gasteiger partial charge in [-0.2, -0.15) is 0 Å². The van der Waals surface area contributed by atoms with Gasteiger partial charge in [-0.25, -0.2) is 0 Å². The number of amides is 8. The summed E-state index contributed by atoms with van der Waals surface area (Å²) in [6, 6.07) is -3.07. The first kappa shape index (κ1) is 103. The Morgan fingerprint density at radius 1 is 0.395 bits per heavy atom. The van der Waals surface area contributed by atoms with Gasteiger partial charge >= 0.3 is 41.8 Å². The molecule has 678 valence electrons. The highest BCUT2D eigenvalue weighted by Crippen LogP contribution is 2.34. The fourth-order valence-electron chi connectivity index (χ4n) is 14.3. The molecule has 16 atom stereocenters. The number of likely N-dealkylation sites (tertiary alicyclic amines) is 1. The van der Waals surface area contributed by atoms with Crippen molar-refractivity contribution in [2.45, 2.75) is 297 Å². The van der Waals surface area contributed by atoms with Gasteiger partial charge in [0.05, 0.1) is 57.8 Å². The lowest BCUT2D eigenvalue weighted by atomic mass is 9.88. The van der Waals surface area contributed by atoms with E-state index in [4.69, 9.17) is 71.1 Å². The molecular formula is C80H132N8O31. The van der Waals surface area contributed by atoms with E-state index in [9.17, 15) is 77.0 Å². The molecule has 4 saturated heterocycles. The number of nitrogens with zero attached hydrogens (tertiary/aromatic N) is 1. The Morgan fingerprint density at radius 2 is 0.714 bits per heavy atom. The molecule has 16 unspecified atom stereocenters. The van der Waals surface area contributed by atoms with Crippen LogP contribution in [0.5, 0.6) is 0 Å². The zero-order valence-corrected chi connectivity index (χ0v) is 71.3. The van der Waals surface area contributed by atoms with Gasteiger partial charge in [-0.05, 0) is 57.8 Å². The summed E-state index contributed by atoms with van der Waals surface area (Å²) in [7, 11) is 0. The third kappa shape index (κ3) is 40.7. The third-order valence-electron chi connectivity index (χ3n) is 20.2. The summed E-state index contributed by atoms with van der Waals surface area (Å²) in [4.78, 5) is 189.